The molecule has 0 saturated carbocycles. The number of benzene rings is 2. The maximum Gasteiger partial charge on any atom is 0.410 e. The number of likely N-dealkylation sites (tertiary alicyclic amines) is 2. The number of hydrogen-bond donors (Lipinski definition) is 1. The molecule has 2 fully saturated rings. The molecule has 3 heterocycles. The summed E-state index contributed by atoms with van der Waals surface area (Å²) in [5, 5.41) is 9.00. The van der Waals surface area contributed by atoms with Crippen LogP contribution >= 0.6 is 0 Å². The first kappa shape index (κ1) is 38.9. The molecule has 2 saturated heterocycles. The molecule has 2 aromatic rings. The Morgan fingerprint density at radius 2 is 1.29 bits per heavy atom. The summed E-state index contributed by atoms with van der Waals surface area (Å²) < 4.78 is 42.3. The van der Waals surface area contributed by atoms with Crippen molar-refractivity contribution in [2.75, 3.05) is 26.2 Å². The number of amides is 2. The Balaban J connectivity index is 0.000000221. The van der Waals surface area contributed by atoms with Crippen molar-refractivity contribution in [3.63, 3.8) is 0 Å². The minimum Gasteiger partial charge on any atom is -0.507 e. The number of ether oxygens (including phenoxy) is 3. The first-order valence-corrected chi connectivity index (χ1v) is 16.2. The smallest absolute Gasteiger partial charge is 0.410 e. The second-order valence-electron chi connectivity index (χ2n) is 14.2. The molecule has 1 spiro atoms. The second-order valence-corrected chi connectivity index (χ2v) is 14.2. The lowest BCUT2D eigenvalue weighted by Gasteiger charge is -2.43. The number of Topliss-reactive ketones (excluding diaryl/α,β-unsaturated/α-hetero) is 3. The van der Waals surface area contributed by atoms with Gasteiger partial charge in [-0.05, 0) is 72.7 Å². The molecular weight excluding hydrogens is 642 g/mol. The van der Waals surface area contributed by atoms with E-state index in [9.17, 15) is 32.8 Å². The molecule has 1 N–H and O–H groups in total. The van der Waals surface area contributed by atoms with Crippen molar-refractivity contribution in [2.45, 2.75) is 97.4 Å². The van der Waals surface area contributed by atoms with Gasteiger partial charge in [0.15, 0.2) is 11.6 Å². The molecule has 13 heteroatoms. The molecule has 49 heavy (non-hydrogen) atoms. The Labute approximate surface area is 285 Å². The zero-order valence-corrected chi connectivity index (χ0v) is 29.2. The summed E-state index contributed by atoms with van der Waals surface area (Å²) in [7, 11) is 0. The van der Waals surface area contributed by atoms with Crippen LogP contribution in [0.1, 0.15) is 101 Å². The summed E-state index contributed by atoms with van der Waals surface area (Å²) in [6.45, 7) is 14.2. The highest BCUT2D eigenvalue weighted by molar-refractivity contribution is 6.00. The molecular formula is C36H46F2N2O9. The van der Waals surface area contributed by atoms with Gasteiger partial charge in [-0.1, -0.05) is 0 Å². The van der Waals surface area contributed by atoms with E-state index in [0.717, 1.165) is 12.1 Å². The Hall–Kier alpha value is -4.55. The second kappa shape index (κ2) is 15.8. The molecule has 0 atom stereocenters. The van der Waals surface area contributed by atoms with E-state index in [-0.39, 0.29) is 47.3 Å². The van der Waals surface area contributed by atoms with E-state index in [1.807, 2.05) is 41.5 Å². The minimum absolute atomic E-state index is 0.0398. The number of ketones is 3. The van der Waals surface area contributed by atoms with Gasteiger partial charge in [-0.3, -0.25) is 14.4 Å². The normalized spacial score (nSPS) is 17.0. The molecule has 5 rings (SSSR count). The average molecular weight is 689 g/mol. The Bertz CT molecular complexity index is 1540. The number of halogens is 2. The quantitative estimate of drug-likeness (QED) is 0.318. The Morgan fingerprint density at radius 3 is 1.78 bits per heavy atom. The van der Waals surface area contributed by atoms with E-state index in [0.29, 0.717) is 63.2 Å². The molecule has 0 aliphatic carbocycles. The van der Waals surface area contributed by atoms with Crippen LogP contribution in [0.15, 0.2) is 36.4 Å². The third kappa shape index (κ3) is 11.8. The van der Waals surface area contributed by atoms with Gasteiger partial charge in [0.2, 0.25) is 0 Å². The lowest BCUT2D eigenvalue weighted by Crippen LogP contribution is -2.53. The molecule has 0 aromatic heterocycles. The summed E-state index contributed by atoms with van der Waals surface area (Å²) in [5.74, 6) is -1.07. The fourth-order valence-electron chi connectivity index (χ4n) is 5.24. The Morgan fingerprint density at radius 1 is 0.796 bits per heavy atom. The number of carbonyl (C=O) groups is 5. The molecule has 0 radical (unpaired) electrons. The molecule has 2 aromatic carbocycles. The van der Waals surface area contributed by atoms with Crippen molar-refractivity contribution in [1.29, 1.82) is 0 Å². The molecule has 3 aliphatic heterocycles. The maximum absolute atomic E-state index is 13.4. The summed E-state index contributed by atoms with van der Waals surface area (Å²) >= 11 is 0. The largest absolute Gasteiger partial charge is 0.507 e. The van der Waals surface area contributed by atoms with Crippen LogP contribution in [0.2, 0.25) is 0 Å². The summed E-state index contributed by atoms with van der Waals surface area (Å²) in [6, 6.07) is 7.30. The minimum atomic E-state index is -0.656. The van der Waals surface area contributed by atoms with E-state index in [1.54, 1.807) is 9.80 Å². The molecule has 268 valence electrons. The van der Waals surface area contributed by atoms with Crippen molar-refractivity contribution < 1.29 is 52.1 Å². The summed E-state index contributed by atoms with van der Waals surface area (Å²) in [5.41, 5.74) is -1.09. The predicted octanol–water partition coefficient (Wildman–Crippen LogP) is 6.88. The molecule has 0 unspecified atom stereocenters. The average Bonchev–Trinajstić information content (AvgIpc) is 2.96. The van der Waals surface area contributed by atoms with Crippen LogP contribution in [-0.4, -0.2) is 87.4 Å². The number of phenolic OH excluding ortho intramolecular Hbond substituents is 1. The number of hydrogen-bond acceptors (Lipinski definition) is 9. The van der Waals surface area contributed by atoms with E-state index < -0.39 is 28.4 Å². The van der Waals surface area contributed by atoms with Gasteiger partial charge < -0.3 is 29.1 Å². The van der Waals surface area contributed by atoms with Crippen LogP contribution in [0.25, 0.3) is 0 Å². The van der Waals surface area contributed by atoms with Crippen molar-refractivity contribution in [3.05, 3.63) is 59.2 Å². The van der Waals surface area contributed by atoms with Crippen LogP contribution in [0.4, 0.5) is 18.4 Å². The van der Waals surface area contributed by atoms with Crippen molar-refractivity contribution in [2.24, 2.45) is 0 Å². The third-order valence-corrected chi connectivity index (χ3v) is 7.69. The van der Waals surface area contributed by atoms with Crippen LogP contribution < -0.4 is 4.74 Å². The first-order chi connectivity index (χ1) is 22.7. The lowest BCUT2D eigenvalue weighted by atomic mass is 9.82. The van der Waals surface area contributed by atoms with Crippen molar-refractivity contribution in [1.82, 2.24) is 9.80 Å². The van der Waals surface area contributed by atoms with Gasteiger partial charge in [0.1, 0.15) is 45.7 Å². The third-order valence-electron chi connectivity index (χ3n) is 7.69. The zero-order valence-electron chi connectivity index (χ0n) is 29.2. The summed E-state index contributed by atoms with van der Waals surface area (Å²) in [6.07, 6.45) is 1.55. The van der Waals surface area contributed by atoms with Crippen LogP contribution in [0.3, 0.4) is 0 Å². The van der Waals surface area contributed by atoms with Gasteiger partial charge >= 0.3 is 12.2 Å². The number of rotatable bonds is 1. The van der Waals surface area contributed by atoms with E-state index >= 15 is 0 Å². The standard InChI is InChI=1S/C18H22FNO4.C10H17NO3.C8H7FO2/c1-17(2,3)24-16(22)20-8-6-18(7-9-20)11-14(21)13-5-4-12(19)10-15(13)23-18;1-10(2,3)14-9(13)11-6-4-8(12)5-7-11;1-5(10)7-3-2-6(9)4-8(7)11/h4-5,10H,6-9,11H2,1-3H3;4-7H2,1-3H3;2-4,11H,1H3. The zero-order chi connectivity index (χ0) is 36.7. The lowest BCUT2D eigenvalue weighted by molar-refractivity contribution is -0.121. The number of aromatic hydroxyl groups is 1. The topological polar surface area (TPSA) is 140 Å². The van der Waals surface area contributed by atoms with Gasteiger partial charge in [-0.15, -0.1) is 0 Å². The van der Waals surface area contributed by atoms with Gasteiger partial charge in [-0.2, -0.15) is 0 Å². The fraction of sp³-hybridized carbons (Fsp3) is 0.528. The number of fused-ring (bicyclic) bond motifs is 1. The van der Waals surface area contributed by atoms with Crippen LogP contribution in [-0.2, 0) is 14.3 Å². The number of piperidine rings is 2. The van der Waals surface area contributed by atoms with E-state index in [4.69, 9.17) is 19.3 Å². The molecule has 2 amide bonds. The Kier molecular flexibility index (Phi) is 12.5. The van der Waals surface area contributed by atoms with Gasteiger partial charge in [0.25, 0.3) is 0 Å². The monoisotopic (exact) mass is 688 g/mol. The number of nitrogens with zero attached hydrogens (tertiary/aromatic N) is 2. The van der Waals surface area contributed by atoms with Crippen LogP contribution in [0, 0.1) is 11.6 Å². The maximum atomic E-state index is 13.4. The molecule has 11 nitrogen and oxygen atoms in total. The van der Waals surface area contributed by atoms with Crippen LogP contribution in [0.5, 0.6) is 11.5 Å². The van der Waals surface area contributed by atoms with E-state index in [2.05, 4.69) is 0 Å². The molecule has 0 bridgehead atoms. The fourth-order valence-corrected chi connectivity index (χ4v) is 5.24. The van der Waals surface area contributed by atoms with Crippen molar-refractivity contribution in [3.8, 4) is 11.5 Å². The van der Waals surface area contributed by atoms with Gasteiger partial charge in [-0.25, -0.2) is 18.4 Å². The highest BCUT2D eigenvalue weighted by atomic mass is 19.1. The highest BCUT2D eigenvalue weighted by Gasteiger charge is 2.44. The van der Waals surface area contributed by atoms with Gasteiger partial charge in [0, 0.05) is 64.0 Å². The highest BCUT2D eigenvalue weighted by Crippen LogP contribution is 2.39. The van der Waals surface area contributed by atoms with Crippen molar-refractivity contribution >= 4 is 29.5 Å². The molecule has 3 aliphatic rings. The number of phenols is 1. The first-order valence-electron chi connectivity index (χ1n) is 16.2. The SMILES string of the molecule is CC(=O)c1ccc(F)cc1O.CC(C)(C)OC(=O)N1CCC(=O)CC1.CC(C)(C)OC(=O)N1CCC2(CC1)CC(=O)c1ccc(F)cc1O2. The summed E-state index contributed by atoms with van der Waals surface area (Å²) in [4.78, 5) is 60.9. The number of carbonyl (C=O) groups excluding carboxylic acids is 5. The van der Waals surface area contributed by atoms with Gasteiger partial charge in [0.05, 0.1) is 17.5 Å². The van der Waals surface area contributed by atoms with E-state index in [1.165, 1.54) is 31.2 Å². The predicted molar refractivity (Wildman–Crippen MR) is 176 cm³/mol.